The standard InChI is InChI=1S/C14H21N3O3/c1-9(2)7-11(14(19)20)16-13(18)10-5-6-12(15-8-10)17(3)4/h5-6,8-9,11H,7H2,1-4H3,(H,16,18)(H,19,20)/t11-/m0/s1. The van der Waals surface area contributed by atoms with E-state index in [-0.39, 0.29) is 5.92 Å². The lowest BCUT2D eigenvalue weighted by molar-refractivity contribution is -0.139. The fraction of sp³-hybridized carbons (Fsp3) is 0.500. The minimum atomic E-state index is -1.02. The molecule has 2 N–H and O–H groups in total. The average molecular weight is 279 g/mol. The molecule has 0 saturated heterocycles. The predicted molar refractivity (Wildman–Crippen MR) is 76.9 cm³/mol. The molecule has 1 atom stereocenters. The third kappa shape index (κ3) is 4.53. The van der Waals surface area contributed by atoms with Crippen LogP contribution in [-0.2, 0) is 4.79 Å². The van der Waals surface area contributed by atoms with Gasteiger partial charge in [0.25, 0.3) is 5.91 Å². The third-order valence-electron chi connectivity index (χ3n) is 2.78. The fourth-order valence-corrected chi connectivity index (χ4v) is 1.72. The Bertz CT molecular complexity index is 469. The van der Waals surface area contributed by atoms with Crippen LogP contribution in [0.4, 0.5) is 5.82 Å². The molecule has 0 aromatic carbocycles. The number of aromatic nitrogens is 1. The molecule has 0 saturated carbocycles. The van der Waals surface area contributed by atoms with E-state index in [0.717, 1.165) is 5.82 Å². The smallest absolute Gasteiger partial charge is 0.326 e. The third-order valence-corrected chi connectivity index (χ3v) is 2.78. The van der Waals surface area contributed by atoms with Crippen LogP contribution in [0.25, 0.3) is 0 Å². The minimum absolute atomic E-state index is 0.186. The lowest BCUT2D eigenvalue weighted by Crippen LogP contribution is -2.41. The molecule has 0 bridgehead atoms. The number of pyridine rings is 1. The van der Waals surface area contributed by atoms with Crippen molar-refractivity contribution in [3.63, 3.8) is 0 Å². The molecule has 0 aliphatic rings. The van der Waals surface area contributed by atoms with Crippen molar-refractivity contribution in [2.75, 3.05) is 19.0 Å². The molecule has 1 amide bonds. The highest BCUT2D eigenvalue weighted by Gasteiger charge is 2.21. The molecule has 0 fully saturated rings. The lowest BCUT2D eigenvalue weighted by Gasteiger charge is -2.16. The molecule has 0 radical (unpaired) electrons. The van der Waals surface area contributed by atoms with Gasteiger partial charge >= 0.3 is 5.97 Å². The maximum absolute atomic E-state index is 12.0. The summed E-state index contributed by atoms with van der Waals surface area (Å²) in [6, 6.07) is 2.47. The quantitative estimate of drug-likeness (QED) is 0.822. The second kappa shape index (κ2) is 6.88. The van der Waals surface area contributed by atoms with Gasteiger partial charge in [0.2, 0.25) is 0 Å². The number of nitrogens with one attached hydrogen (secondary N) is 1. The SMILES string of the molecule is CC(C)C[C@H](NC(=O)c1ccc(N(C)C)nc1)C(=O)O. The molecule has 0 spiro atoms. The topological polar surface area (TPSA) is 82.5 Å². The molecule has 20 heavy (non-hydrogen) atoms. The Kier molecular flexibility index (Phi) is 5.49. The van der Waals surface area contributed by atoms with Crippen LogP contribution in [0, 0.1) is 5.92 Å². The van der Waals surface area contributed by atoms with Crippen LogP contribution < -0.4 is 10.2 Å². The first-order valence-electron chi connectivity index (χ1n) is 6.48. The number of aliphatic carboxylic acids is 1. The van der Waals surface area contributed by atoms with E-state index in [1.54, 1.807) is 12.1 Å². The maximum Gasteiger partial charge on any atom is 0.326 e. The van der Waals surface area contributed by atoms with Gasteiger partial charge in [-0.3, -0.25) is 4.79 Å². The summed E-state index contributed by atoms with van der Waals surface area (Å²) < 4.78 is 0. The van der Waals surface area contributed by atoms with Crippen molar-refractivity contribution < 1.29 is 14.7 Å². The Morgan fingerprint density at radius 2 is 2.00 bits per heavy atom. The second-order valence-corrected chi connectivity index (χ2v) is 5.29. The number of carbonyl (C=O) groups excluding carboxylic acids is 1. The van der Waals surface area contributed by atoms with Gasteiger partial charge < -0.3 is 15.3 Å². The van der Waals surface area contributed by atoms with Gasteiger partial charge in [-0.15, -0.1) is 0 Å². The summed E-state index contributed by atoms with van der Waals surface area (Å²) >= 11 is 0. The van der Waals surface area contributed by atoms with Gasteiger partial charge in [-0.1, -0.05) is 13.8 Å². The second-order valence-electron chi connectivity index (χ2n) is 5.29. The highest BCUT2D eigenvalue weighted by atomic mass is 16.4. The van der Waals surface area contributed by atoms with Crippen molar-refractivity contribution in [1.29, 1.82) is 0 Å². The number of carbonyl (C=O) groups is 2. The van der Waals surface area contributed by atoms with Crippen LogP contribution in [0.2, 0.25) is 0 Å². The van der Waals surface area contributed by atoms with E-state index >= 15 is 0 Å². The van der Waals surface area contributed by atoms with Gasteiger partial charge in [0.1, 0.15) is 11.9 Å². The molecule has 6 nitrogen and oxygen atoms in total. The van der Waals surface area contributed by atoms with Crippen LogP contribution in [0.5, 0.6) is 0 Å². The van der Waals surface area contributed by atoms with E-state index in [4.69, 9.17) is 5.11 Å². The van der Waals surface area contributed by atoms with E-state index < -0.39 is 17.9 Å². The summed E-state index contributed by atoms with van der Waals surface area (Å²) in [6.45, 7) is 3.82. The highest BCUT2D eigenvalue weighted by molar-refractivity contribution is 5.96. The number of carboxylic acid groups (broad SMARTS) is 1. The summed E-state index contributed by atoms with van der Waals surface area (Å²) in [5, 5.41) is 11.6. The van der Waals surface area contributed by atoms with E-state index in [9.17, 15) is 9.59 Å². The first-order chi connectivity index (χ1) is 9.31. The number of amides is 1. The van der Waals surface area contributed by atoms with Gasteiger partial charge in [-0.2, -0.15) is 0 Å². The van der Waals surface area contributed by atoms with Crippen LogP contribution in [0.1, 0.15) is 30.6 Å². The predicted octanol–water partition coefficient (Wildman–Crippen LogP) is 1.38. The molecule has 0 aliphatic carbocycles. The first-order valence-corrected chi connectivity index (χ1v) is 6.48. The minimum Gasteiger partial charge on any atom is -0.480 e. The Balaban J connectivity index is 2.76. The summed E-state index contributed by atoms with van der Waals surface area (Å²) in [7, 11) is 3.70. The monoisotopic (exact) mass is 279 g/mol. The van der Waals surface area contributed by atoms with Crippen molar-refractivity contribution in [3.05, 3.63) is 23.9 Å². The highest BCUT2D eigenvalue weighted by Crippen LogP contribution is 2.09. The van der Waals surface area contributed by atoms with Crippen LogP contribution in [0.3, 0.4) is 0 Å². The van der Waals surface area contributed by atoms with E-state index in [0.29, 0.717) is 12.0 Å². The number of hydrogen-bond acceptors (Lipinski definition) is 4. The molecule has 1 aromatic rings. The van der Waals surface area contributed by atoms with Gasteiger partial charge in [-0.05, 0) is 24.5 Å². The van der Waals surface area contributed by atoms with Gasteiger partial charge in [0.05, 0.1) is 5.56 Å². The number of rotatable bonds is 6. The van der Waals surface area contributed by atoms with E-state index in [1.165, 1.54) is 6.20 Å². The van der Waals surface area contributed by atoms with Gasteiger partial charge in [0, 0.05) is 20.3 Å². The summed E-state index contributed by atoms with van der Waals surface area (Å²) in [4.78, 5) is 29.1. The molecule has 1 heterocycles. The summed E-state index contributed by atoms with van der Waals surface area (Å²) in [5.41, 5.74) is 0.352. The van der Waals surface area contributed by atoms with Crippen molar-refractivity contribution in [2.45, 2.75) is 26.3 Å². The van der Waals surface area contributed by atoms with Crippen molar-refractivity contribution in [2.24, 2.45) is 5.92 Å². The Hall–Kier alpha value is -2.11. The van der Waals surface area contributed by atoms with Gasteiger partial charge in [-0.25, -0.2) is 9.78 Å². The maximum atomic E-state index is 12.0. The largest absolute Gasteiger partial charge is 0.480 e. The van der Waals surface area contributed by atoms with Crippen LogP contribution in [-0.4, -0.2) is 42.1 Å². The van der Waals surface area contributed by atoms with Crippen molar-refractivity contribution >= 4 is 17.7 Å². The molecule has 6 heteroatoms. The first kappa shape index (κ1) is 15.9. The van der Waals surface area contributed by atoms with Crippen LogP contribution in [0.15, 0.2) is 18.3 Å². The lowest BCUT2D eigenvalue weighted by atomic mass is 10.0. The number of carboxylic acids is 1. The molecule has 0 unspecified atom stereocenters. The van der Waals surface area contributed by atoms with E-state index in [2.05, 4.69) is 10.3 Å². The normalized spacial score (nSPS) is 12.1. The Labute approximate surface area is 118 Å². The van der Waals surface area contributed by atoms with Crippen LogP contribution >= 0.6 is 0 Å². The fourth-order valence-electron chi connectivity index (χ4n) is 1.72. The zero-order valence-corrected chi connectivity index (χ0v) is 12.3. The Morgan fingerprint density at radius 1 is 1.35 bits per heavy atom. The summed E-state index contributed by atoms with van der Waals surface area (Å²) in [5.74, 6) is -0.523. The molecule has 1 aromatic heterocycles. The molecular weight excluding hydrogens is 258 g/mol. The molecular formula is C14H21N3O3. The molecule has 110 valence electrons. The molecule has 1 rings (SSSR count). The van der Waals surface area contributed by atoms with Crippen molar-refractivity contribution in [3.8, 4) is 0 Å². The molecule has 0 aliphatic heterocycles. The zero-order valence-electron chi connectivity index (χ0n) is 12.3. The zero-order chi connectivity index (χ0) is 15.3. The van der Waals surface area contributed by atoms with Gasteiger partial charge in [0.15, 0.2) is 0 Å². The van der Waals surface area contributed by atoms with Crippen molar-refractivity contribution in [1.82, 2.24) is 10.3 Å². The number of anilines is 1. The Morgan fingerprint density at radius 3 is 2.40 bits per heavy atom. The number of hydrogen-bond donors (Lipinski definition) is 2. The average Bonchev–Trinajstić information content (AvgIpc) is 2.37. The summed E-state index contributed by atoms with van der Waals surface area (Å²) in [6.07, 6.45) is 1.84. The number of nitrogens with zero attached hydrogens (tertiary/aromatic N) is 2. The van der Waals surface area contributed by atoms with E-state index in [1.807, 2.05) is 32.8 Å².